The van der Waals surface area contributed by atoms with Crippen molar-refractivity contribution in [1.29, 1.82) is 0 Å². The first-order valence-corrected chi connectivity index (χ1v) is 8.73. The summed E-state index contributed by atoms with van der Waals surface area (Å²) in [6, 6.07) is 8.42. The Bertz CT molecular complexity index is 832. The number of ketones is 1. The molecule has 27 heavy (non-hydrogen) atoms. The fraction of sp³-hybridized carbons (Fsp3) is 0.316. The minimum Gasteiger partial charge on any atom is -0.339 e. The summed E-state index contributed by atoms with van der Waals surface area (Å²) in [5.41, 5.74) is 1.02. The highest BCUT2D eigenvalue weighted by molar-refractivity contribution is 6.04. The van der Waals surface area contributed by atoms with Crippen LogP contribution in [0.5, 0.6) is 0 Å². The Morgan fingerprint density at radius 2 is 1.74 bits per heavy atom. The predicted molar refractivity (Wildman–Crippen MR) is 101 cm³/mol. The van der Waals surface area contributed by atoms with Gasteiger partial charge < -0.3 is 15.1 Å². The van der Waals surface area contributed by atoms with Crippen LogP contribution in [0.15, 0.2) is 42.7 Å². The predicted octanol–water partition coefficient (Wildman–Crippen LogP) is 1.36. The lowest BCUT2D eigenvalue weighted by atomic mass is 10.1. The third kappa shape index (κ3) is 4.87. The highest BCUT2D eigenvalue weighted by Crippen LogP contribution is 2.13. The molecule has 1 saturated heterocycles. The second kappa shape index (κ2) is 8.39. The van der Waals surface area contributed by atoms with E-state index in [9.17, 15) is 14.4 Å². The number of hydrogen-bond donors (Lipinski definition) is 1. The van der Waals surface area contributed by atoms with E-state index in [0.717, 1.165) is 0 Å². The number of anilines is 2. The molecule has 0 bridgehead atoms. The summed E-state index contributed by atoms with van der Waals surface area (Å²) < 4.78 is 0. The number of nitrogens with zero attached hydrogens (tertiary/aromatic N) is 4. The number of Topliss-reactive ketones (excluding diaryl/α,β-unsaturated/α-hetero) is 1. The van der Waals surface area contributed by atoms with E-state index in [2.05, 4.69) is 15.3 Å². The number of rotatable bonds is 5. The van der Waals surface area contributed by atoms with Gasteiger partial charge in [0.05, 0.1) is 0 Å². The van der Waals surface area contributed by atoms with Gasteiger partial charge in [0.1, 0.15) is 6.42 Å². The molecule has 1 aliphatic rings. The van der Waals surface area contributed by atoms with E-state index in [1.807, 2.05) is 4.90 Å². The van der Waals surface area contributed by atoms with Crippen molar-refractivity contribution in [3.8, 4) is 0 Å². The molecule has 0 unspecified atom stereocenters. The maximum absolute atomic E-state index is 12.4. The van der Waals surface area contributed by atoms with E-state index >= 15 is 0 Å². The molecular formula is C19H21N5O3. The molecule has 8 nitrogen and oxygen atoms in total. The lowest BCUT2D eigenvalue weighted by Crippen LogP contribution is -2.49. The zero-order chi connectivity index (χ0) is 19.2. The summed E-state index contributed by atoms with van der Waals surface area (Å²) in [6.07, 6.45) is 3.14. The third-order valence-electron chi connectivity index (χ3n) is 4.33. The summed E-state index contributed by atoms with van der Waals surface area (Å²) in [4.78, 5) is 48.1. The van der Waals surface area contributed by atoms with E-state index in [0.29, 0.717) is 43.4 Å². The molecule has 0 aliphatic carbocycles. The highest BCUT2D eigenvalue weighted by Gasteiger charge is 2.24. The molecular weight excluding hydrogens is 346 g/mol. The van der Waals surface area contributed by atoms with Crippen molar-refractivity contribution < 1.29 is 14.4 Å². The van der Waals surface area contributed by atoms with Crippen LogP contribution in [-0.4, -0.2) is 58.6 Å². The van der Waals surface area contributed by atoms with Gasteiger partial charge in [-0.1, -0.05) is 12.1 Å². The maximum atomic E-state index is 12.4. The van der Waals surface area contributed by atoms with Crippen LogP contribution in [0.2, 0.25) is 0 Å². The van der Waals surface area contributed by atoms with Crippen LogP contribution < -0.4 is 10.2 Å². The van der Waals surface area contributed by atoms with E-state index in [4.69, 9.17) is 0 Å². The second-order valence-corrected chi connectivity index (χ2v) is 6.28. The average molecular weight is 367 g/mol. The van der Waals surface area contributed by atoms with Crippen LogP contribution in [0.4, 0.5) is 11.6 Å². The van der Waals surface area contributed by atoms with Crippen LogP contribution in [0.1, 0.15) is 23.7 Å². The van der Waals surface area contributed by atoms with Crippen molar-refractivity contribution in [3.63, 3.8) is 0 Å². The number of hydrogen-bond acceptors (Lipinski definition) is 6. The van der Waals surface area contributed by atoms with Gasteiger partial charge in [0.15, 0.2) is 5.78 Å². The van der Waals surface area contributed by atoms with Gasteiger partial charge in [0.2, 0.25) is 17.8 Å². The fourth-order valence-corrected chi connectivity index (χ4v) is 2.88. The Morgan fingerprint density at radius 3 is 2.41 bits per heavy atom. The van der Waals surface area contributed by atoms with E-state index in [1.54, 1.807) is 47.6 Å². The quantitative estimate of drug-likeness (QED) is 0.633. The molecule has 0 saturated carbocycles. The topological polar surface area (TPSA) is 95.5 Å². The molecule has 2 amide bonds. The third-order valence-corrected chi connectivity index (χ3v) is 4.33. The lowest BCUT2D eigenvalue weighted by Gasteiger charge is -2.34. The van der Waals surface area contributed by atoms with Gasteiger partial charge in [-0.15, -0.1) is 0 Å². The number of amides is 2. The van der Waals surface area contributed by atoms with Crippen molar-refractivity contribution in [1.82, 2.24) is 14.9 Å². The summed E-state index contributed by atoms with van der Waals surface area (Å²) >= 11 is 0. The van der Waals surface area contributed by atoms with Gasteiger partial charge in [0, 0.05) is 49.8 Å². The summed E-state index contributed by atoms with van der Waals surface area (Å²) in [5, 5.41) is 2.67. The van der Waals surface area contributed by atoms with Crippen LogP contribution in [0.3, 0.4) is 0 Å². The first kappa shape index (κ1) is 18.5. The SMILES string of the molecule is CC(=O)c1cccc(NC(=O)CC(=O)N2CCN(c3ncccn3)CC2)c1. The molecule has 0 atom stereocenters. The Morgan fingerprint density at radius 1 is 1.04 bits per heavy atom. The molecule has 1 aliphatic heterocycles. The van der Waals surface area contributed by atoms with Crippen molar-refractivity contribution in [2.75, 3.05) is 36.4 Å². The number of benzene rings is 1. The molecule has 1 fully saturated rings. The van der Waals surface area contributed by atoms with Gasteiger partial charge in [0.25, 0.3) is 0 Å². The molecule has 2 heterocycles. The minimum atomic E-state index is -0.394. The van der Waals surface area contributed by atoms with Gasteiger partial charge in [-0.25, -0.2) is 9.97 Å². The van der Waals surface area contributed by atoms with Crippen LogP contribution in [-0.2, 0) is 9.59 Å². The van der Waals surface area contributed by atoms with Gasteiger partial charge >= 0.3 is 0 Å². The molecule has 1 aromatic heterocycles. The molecule has 2 aromatic rings. The molecule has 140 valence electrons. The molecule has 0 spiro atoms. The van der Waals surface area contributed by atoms with Crippen molar-refractivity contribution in [3.05, 3.63) is 48.3 Å². The molecule has 3 rings (SSSR count). The van der Waals surface area contributed by atoms with Crippen molar-refractivity contribution >= 4 is 29.2 Å². The number of nitrogens with one attached hydrogen (secondary N) is 1. The number of piperazine rings is 1. The normalized spacial score (nSPS) is 14.0. The molecule has 0 radical (unpaired) electrons. The smallest absolute Gasteiger partial charge is 0.233 e. The Labute approximate surface area is 157 Å². The van der Waals surface area contributed by atoms with Crippen molar-refractivity contribution in [2.24, 2.45) is 0 Å². The van der Waals surface area contributed by atoms with E-state index < -0.39 is 5.91 Å². The fourth-order valence-electron chi connectivity index (χ4n) is 2.88. The zero-order valence-corrected chi connectivity index (χ0v) is 15.1. The van der Waals surface area contributed by atoms with Crippen molar-refractivity contribution in [2.45, 2.75) is 13.3 Å². The standard InChI is InChI=1S/C19H21N5O3/c1-14(25)15-4-2-5-16(12-15)22-17(26)13-18(27)23-8-10-24(11-9-23)19-20-6-3-7-21-19/h2-7,12H,8-11,13H2,1H3,(H,22,26). The lowest BCUT2D eigenvalue weighted by molar-refractivity contribution is -0.134. The minimum absolute atomic E-state index is 0.0811. The average Bonchev–Trinajstić information content (AvgIpc) is 2.69. The van der Waals surface area contributed by atoms with Gasteiger partial charge in [-0.05, 0) is 25.1 Å². The maximum Gasteiger partial charge on any atom is 0.233 e. The highest BCUT2D eigenvalue weighted by atomic mass is 16.2. The van der Waals surface area contributed by atoms with E-state index in [1.165, 1.54) is 6.92 Å². The Hall–Kier alpha value is -3.29. The second-order valence-electron chi connectivity index (χ2n) is 6.28. The van der Waals surface area contributed by atoms with Gasteiger partial charge in [-0.3, -0.25) is 14.4 Å². The van der Waals surface area contributed by atoms with Crippen LogP contribution in [0, 0.1) is 0 Å². The van der Waals surface area contributed by atoms with Gasteiger partial charge in [-0.2, -0.15) is 0 Å². The van der Waals surface area contributed by atoms with E-state index in [-0.39, 0.29) is 18.1 Å². The Kier molecular flexibility index (Phi) is 5.75. The summed E-state index contributed by atoms with van der Waals surface area (Å²) in [6.45, 7) is 3.75. The largest absolute Gasteiger partial charge is 0.339 e. The monoisotopic (exact) mass is 367 g/mol. The summed E-state index contributed by atoms with van der Waals surface area (Å²) in [5.74, 6) is -0.0477. The zero-order valence-electron chi connectivity index (χ0n) is 15.1. The number of carbonyl (C=O) groups excluding carboxylic acids is 3. The molecule has 1 aromatic carbocycles. The Balaban J connectivity index is 1.50. The first-order chi connectivity index (χ1) is 13.0. The summed E-state index contributed by atoms with van der Waals surface area (Å²) in [7, 11) is 0. The van der Waals surface area contributed by atoms with Crippen LogP contribution >= 0.6 is 0 Å². The van der Waals surface area contributed by atoms with Crippen LogP contribution in [0.25, 0.3) is 0 Å². The molecule has 8 heteroatoms. The first-order valence-electron chi connectivity index (χ1n) is 8.73. The number of carbonyl (C=O) groups is 3. The molecule has 1 N–H and O–H groups in total. The number of aromatic nitrogens is 2.